The minimum absolute atomic E-state index is 0.475. The molecule has 0 saturated carbocycles. The van der Waals surface area contributed by atoms with Crippen molar-refractivity contribution < 1.29 is 0 Å². The molecule has 144 valence electrons. The number of nitrogens with zero attached hydrogens (tertiary/aromatic N) is 5. The van der Waals surface area contributed by atoms with Crippen LogP contribution in [0.4, 0.5) is 23.3 Å². The minimum Gasteiger partial charge on any atom is -0.325 e. The Hall–Kier alpha value is -3.58. The summed E-state index contributed by atoms with van der Waals surface area (Å²) < 4.78 is 0. The lowest BCUT2D eigenvalue weighted by molar-refractivity contribution is 1.11. The van der Waals surface area contributed by atoms with E-state index in [1.54, 1.807) is 24.5 Å². The monoisotopic (exact) mass is 403 g/mol. The summed E-state index contributed by atoms with van der Waals surface area (Å²) in [7, 11) is 0. The number of hydrogen-bond donors (Lipinski definition) is 2. The molecule has 0 unspecified atom stereocenters. The van der Waals surface area contributed by atoms with E-state index in [0.29, 0.717) is 29.3 Å². The molecular formula is C21H18ClN7. The van der Waals surface area contributed by atoms with Crippen molar-refractivity contribution in [2.45, 2.75) is 12.8 Å². The van der Waals surface area contributed by atoms with Gasteiger partial charge in [0.05, 0.1) is 0 Å². The van der Waals surface area contributed by atoms with Crippen LogP contribution in [0, 0.1) is 6.92 Å². The molecule has 0 fully saturated rings. The van der Waals surface area contributed by atoms with Gasteiger partial charge in [-0.2, -0.15) is 4.98 Å². The lowest BCUT2D eigenvalue weighted by Gasteiger charge is -2.09. The van der Waals surface area contributed by atoms with E-state index < -0.39 is 0 Å². The maximum Gasteiger partial charge on any atom is 0.229 e. The molecular weight excluding hydrogens is 386 g/mol. The van der Waals surface area contributed by atoms with Crippen LogP contribution in [0.5, 0.6) is 0 Å². The third kappa shape index (κ3) is 4.83. The largest absolute Gasteiger partial charge is 0.325 e. The Morgan fingerprint density at radius 1 is 0.793 bits per heavy atom. The van der Waals surface area contributed by atoms with Crippen molar-refractivity contribution in [2.24, 2.45) is 0 Å². The summed E-state index contributed by atoms with van der Waals surface area (Å²) in [5, 5.41) is 6.36. The van der Waals surface area contributed by atoms with E-state index in [1.807, 2.05) is 49.4 Å². The number of rotatable bonds is 6. The van der Waals surface area contributed by atoms with Gasteiger partial charge < -0.3 is 10.6 Å². The number of aromatic nitrogens is 5. The molecule has 4 aromatic rings. The van der Waals surface area contributed by atoms with Crippen molar-refractivity contribution in [2.75, 3.05) is 10.6 Å². The Labute approximate surface area is 173 Å². The number of benzene rings is 1. The van der Waals surface area contributed by atoms with Gasteiger partial charge in [0.15, 0.2) is 5.82 Å². The average molecular weight is 404 g/mol. The molecule has 2 N–H and O–H groups in total. The van der Waals surface area contributed by atoms with Gasteiger partial charge >= 0.3 is 0 Å². The smallest absolute Gasteiger partial charge is 0.229 e. The van der Waals surface area contributed by atoms with Gasteiger partial charge in [0, 0.05) is 29.7 Å². The number of pyridine rings is 1. The molecule has 0 atom stereocenters. The molecule has 0 aliphatic rings. The van der Waals surface area contributed by atoms with Crippen LogP contribution in [0.15, 0.2) is 67.0 Å². The van der Waals surface area contributed by atoms with Crippen LogP contribution in [-0.2, 0) is 5.88 Å². The molecule has 0 saturated heterocycles. The Bertz CT molecular complexity index is 1120. The van der Waals surface area contributed by atoms with Gasteiger partial charge in [-0.05, 0) is 48.9 Å². The van der Waals surface area contributed by atoms with Crippen molar-refractivity contribution in [1.29, 1.82) is 0 Å². The summed E-state index contributed by atoms with van der Waals surface area (Å²) in [5.41, 5.74) is 3.57. The number of aryl methyl sites for hydroxylation is 1. The zero-order chi connectivity index (χ0) is 20.1. The zero-order valence-electron chi connectivity index (χ0n) is 15.7. The van der Waals surface area contributed by atoms with Crippen LogP contribution in [0.1, 0.15) is 11.3 Å². The minimum atomic E-state index is 0.475. The van der Waals surface area contributed by atoms with Crippen molar-refractivity contribution in [3.8, 4) is 11.5 Å². The maximum absolute atomic E-state index is 5.83. The molecule has 0 aliphatic heterocycles. The number of alkyl halides is 1. The Morgan fingerprint density at radius 3 is 2.31 bits per heavy atom. The predicted molar refractivity (Wildman–Crippen MR) is 115 cm³/mol. The quantitative estimate of drug-likeness (QED) is 0.444. The first-order valence-electron chi connectivity index (χ1n) is 8.99. The van der Waals surface area contributed by atoms with Crippen LogP contribution in [0.25, 0.3) is 11.5 Å². The molecule has 0 spiro atoms. The normalized spacial score (nSPS) is 10.6. The molecule has 0 aliphatic carbocycles. The molecule has 1 aromatic carbocycles. The standard InChI is InChI=1S/C21H18ClN7/c1-14-3-2-4-17(25-14)20-23-11-9-18(28-20)27-19-10-12-24-21(29-19)26-16-7-5-15(13-22)6-8-16/h2-12H,13H2,1H3,(H2,23,24,26,27,28,29). The van der Waals surface area contributed by atoms with Gasteiger partial charge in [0.1, 0.15) is 17.3 Å². The van der Waals surface area contributed by atoms with Crippen molar-refractivity contribution in [3.63, 3.8) is 0 Å². The lowest BCUT2D eigenvalue weighted by Crippen LogP contribution is -2.02. The number of anilines is 4. The number of nitrogens with one attached hydrogen (secondary N) is 2. The van der Waals surface area contributed by atoms with E-state index >= 15 is 0 Å². The van der Waals surface area contributed by atoms with Gasteiger partial charge in [-0.25, -0.2) is 19.9 Å². The van der Waals surface area contributed by atoms with Crippen molar-refractivity contribution in [1.82, 2.24) is 24.9 Å². The highest BCUT2D eigenvalue weighted by Gasteiger charge is 2.06. The first-order chi connectivity index (χ1) is 14.2. The molecule has 3 aromatic heterocycles. The van der Waals surface area contributed by atoms with Crippen molar-refractivity contribution >= 4 is 34.9 Å². The molecule has 7 nitrogen and oxygen atoms in total. The highest BCUT2D eigenvalue weighted by atomic mass is 35.5. The van der Waals surface area contributed by atoms with E-state index in [0.717, 1.165) is 22.6 Å². The van der Waals surface area contributed by atoms with E-state index in [-0.39, 0.29) is 0 Å². The Morgan fingerprint density at radius 2 is 1.55 bits per heavy atom. The fourth-order valence-corrected chi connectivity index (χ4v) is 2.82. The molecule has 29 heavy (non-hydrogen) atoms. The third-order valence-corrected chi connectivity index (χ3v) is 4.36. The predicted octanol–water partition coefficient (Wildman–Crippen LogP) is 4.86. The van der Waals surface area contributed by atoms with Crippen LogP contribution in [-0.4, -0.2) is 24.9 Å². The lowest BCUT2D eigenvalue weighted by atomic mass is 10.2. The topological polar surface area (TPSA) is 88.5 Å². The van der Waals surface area contributed by atoms with Crippen LogP contribution in [0.2, 0.25) is 0 Å². The summed E-state index contributed by atoms with van der Waals surface area (Å²) in [6.45, 7) is 1.93. The second-order valence-electron chi connectivity index (χ2n) is 6.28. The first kappa shape index (κ1) is 18.8. The van der Waals surface area contributed by atoms with Gasteiger partial charge in [0.2, 0.25) is 5.95 Å². The Balaban J connectivity index is 1.51. The van der Waals surface area contributed by atoms with E-state index in [4.69, 9.17) is 11.6 Å². The molecule has 8 heteroatoms. The van der Waals surface area contributed by atoms with Gasteiger partial charge in [-0.3, -0.25) is 0 Å². The van der Waals surface area contributed by atoms with Gasteiger partial charge in [0.25, 0.3) is 0 Å². The zero-order valence-corrected chi connectivity index (χ0v) is 16.4. The highest BCUT2D eigenvalue weighted by molar-refractivity contribution is 6.17. The SMILES string of the molecule is Cc1cccc(-c2nccc(Nc3ccnc(Nc4ccc(CCl)cc4)n3)n2)n1. The summed E-state index contributed by atoms with van der Waals surface area (Å²) in [6, 6.07) is 17.1. The van der Waals surface area contributed by atoms with Crippen LogP contribution in [0.3, 0.4) is 0 Å². The Kier molecular flexibility index (Phi) is 5.58. The summed E-state index contributed by atoms with van der Waals surface area (Å²) in [5.74, 6) is 2.74. The van der Waals surface area contributed by atoms with Crippen LogP contribution >= 0.6 is 11.6 Å². The van der Waals surface area contributed by atoms with Gasteiger partial charge in [-0.1, -0.05) is 18.2 Å². The molecule has 4 rings (SSSR count). The van der Waals surface area contributed by atoms with Crippen LogP contribution < -0.4 is 10.6 Å². The second kappa shape index (κ2) is 8.62. The molecule has 3 heterocycles. The van der Waals surface area contributed by atoms with E-state index in [1.165, 1.54) is 0 Å². The van der Waals surface area contributed by atoms with E-state index in [2.05, 4.69) is 35.6 Å². The maximum atomic E-state index is 5.83. The second-order valence-corrected chi connectivity index (χ2v) is 6.54. The fourth-order valence-electron chi connectivity index (χ4n) is 2.65. The highest BCUT2D eigenvalue weighted by Crippen LogP contribution is 2.19. The number of halogens is 1. The fraction of sp³-hybridized carbons (Fsp3) is 0.0952. The van der Waals surface area contributed by atoms with Gasteiger partial charge in [-0.15, -0.1) is 11.6 Å². The van der Waals surface area contributed by atoms with Crippen molar-refractivity contribution in [3.05, 3.63) is 78.2 Å². The summed E-state index contributed by atoms with van der Waals surface area (Å²) in [4.78, 5) is 22.1. The average Bonchev–Trinajstić information content (AvgIpc) is 2.75. The van der Waals surface area contributed by atoms with E-state index in [9.17, 15) is 0 Å². The number of hydrogen-bond acceptors (Lipinski definition) is 7. The first-order valence-corrected chi connectivity index (χ1v) is 9.52. The molecule has 0 radical (unpaired) electrons. The molecule has 0 amide bonds. The molecule has 0 bridgehead atoms. The summed E-state index contributed by atoms with van der Waals surface area (Å²) in [6.07, 6.45) is 3.36. The summed E-state index contributed by atoms with van der Waals surface area (Å²) >= 11 is 5.83. The third-order valence-electron chi connectivity index (χ3n) is 4.05.